The quantitative estimate of drug-likeness (QED) is 0.825. The van der Waals surface area contributed by atoms with Crippen LogP contribution in [0.5, 0.6) is 0 Å². The Hall–Kier alpha value is -0.650. The van der Waals surface area contributed by atoms with Crippen LogP contribution in [0.4, 0.5) is 0 Å². The Morgan fingerprint density at radius 3 is 2.48 bits per heavy atom. The van der Waals surface area contributed by atoms with Crippen LogP contribution in [0.1, 0.15) is 39.5 Å². The fraction of sp³-hybridized carbons (Fsp3) is 0.938. The van der Waals surface area contributed by atoms with Crippen molar-refractivity contribution in [1.29, 1.82) is 0 Å². The zero-order chi connectivity index (χ0) is 15.4. The average molecular weight is 297 g/mol. The zero-order valence-electron chi connectivity index (χ0n) is 13.8. The highest BCUT2D eigenvalue weighted by Gasteiger charge is 2.34. The second kappa shape index (κ2) is 7.56. The smallest absolute Gasteiger partial charge is 0.251 e. The summed E-state index contributed by atoms with van der Waals surface area (Å²) in [5.41, 5.74) is 5.61. The number of carbonyl (C=O) groups is 1. The molecular weight excluding hydrogens is 266 g/mol. The lowest BCUT2D eigenvalue weighted by Crippen LogP contribution is -2.46. The van der Waals surface area contributed by atoms with Gasteiger partial charge in [0.25, 0.3) is 5.91 Å². The molecule has 0 aromatic heterocycles. The number of piperidine rings is 1. The lowest BCUT2D eigenvalue weighted by atomic mass is 9.95. The van der Waals surface area contributed by atoms with Crippen LogP contribution >= 0.6 is 0 Å². The highest BCUT2D eigenvalue weighted by atomic mass is 16.5. The number of likely N-dealkylation sites (tertiary alicyclic amines) is 1. The van der Waals surface area contributed by atoms with E-state index in [1.54, 1.807) is 0 Å². The third kappa shape index (κ3) is 4.41. The molecule has 2 aliphatic heterocycles. The Bertz CT molecular complexity index is 340. The molecular formula is C16H31N3O2. The topological polar surface area (TPSA) is 58.8 Å². The Kier molecular flexibility index (Phi) is 6.02. The van der Waals surface area contributed by atoms with Crippen molar-refractivity contribution in [2.24, 2.45) is 11.7 Å². The number of nitrogens with two attached hydrogens (primary N) is 1. The largest absolute Gasteiger partial charge is 0.364 e. The molecule has 2 rings (SSSR count). The predicted molar refractivity (Wildman–Crippen MR) is 84.0 cm³/mol. The lowest BCUT2D eigenvalue weighted by Gasteiger charge is -2.35. The summed E-state index contributed by atoms with van der Waals surface area (Å²) < 4.78 is 5.72. The second-order valence-corrected chi connectivity index (χ2v) is 6.86. The van der Waals surface area contributed by atoms with E-state index in [-0.39, 0.29) is 18.1 Å². The molecule has 5 nitrogen and oxygen atoms in total. The van der Waals surface area contributed by atoms with Crippen molar-refractivity contribution in [2.75, 3.05) is 33.2 Å². The van der Waals surface area contributed by atoms with E-state index < -0.39 is 0 Å². The maximum absolute atomic E-state index is 12.4. The van der Waals surface area contributed by atoms with Gasteiger partial charge in [0.05, 0.1) is 6.10 Å². The molecule has 0 bridgehead atoms. The maximum atomic E-state index is 12.4. The van der Waals surface area contributed by atoms with Gasteiger partial charge in [-0.15, -0.1) is 0 Å². The molecule has 2 N–H and O–H groups in total. The highest BCUT2D eigenvalue weighted by Crippen LogP contribution is 2.24. The molecule has 2 heterocycles. The van der Waals surface area contributed by atoms with Crippen LogP contribution in [0.25, 0.3) is 0 Å². The van der Waals surface area contributed by atoms with Crippen LogP contribution in [0.3, 0.4) is 0 Å². The number of ether oxygens (including phenoxy) is 1. The predicted octanol–water partition coefficient (Wildman–Crippen LogP) is 1.07. The Morgan fingerprint density at radius 1 is 1.29 bits per heavy atom. The molecule has 2 atom stereocenters. The van der Waals surface area contributed by atoms with Crippen molar-refractivity contribution >= 4 is 5.91 Å². The van der Waals surface area contributed by atoms with Gasteiger partial charge in [0.1, 0.15) is 6.10 Å². The van der Waals surface area contributed by atoms with Gasteiger partial charge in [-0.3, -0.25) is 4.79 Å². The first-order chi connectivity index (χ1) is 10.0. The molecule has 0 radical (unpaired) electrons. The van der Waals surface area contributed by atoms with Gasteiger partial charge in [0.15, 0.2) is 0 Å². The Morgan fingerprint density at radius 2 is 1.95 bits per heavy atom. The van der Waals surface area contributed by atoms with Crippen molar-refractivity contribution in [2.45, 2.75) is 57.8 Å². The van der Waals surface area contributed by atoms with Crippen molar-refractivity contribution < 1.29 is 9.53 Å². The maximum Gasteiger partial charge on any atom is 0.251 e. The Balaban J connectivity index is 1.75. The first-order valence-corrected chi connectivity index (χ1v) is 8.35. The SMILES string of the molecule is CC(C)N(C)CC1CCN(C(=O)C2CCC(CN)O2)CC1. The molecule has 0 spiro atoms. The van der Waals surface area contributed by atoms with E-state index in [1.165, 1.54) is 0 Å². The summed E-state index contributed by atoms with van der Waals surface area (Å²) in [6.07, 6.45) is 3.80. The van der Waals surface area contributed by atoms with E-state index in [2.05, 4.69) is 25.8 Å². The van der Waals surface area contributed by atoms with Crippen molar-refractivity contribution in [3.8, 4) is 0 Å². The molecule has 122 valence electrons. The number of rotatable bonds is 5. The number of hydrogen-bond donors (Lipinski definition) is 1. The first kappa shape index (κ1) is 16.7. The standard InChI is InChI=1S/C16H31N3O2/c1-12(2)18(3)11-13-6-8-19(9-7-13)16(20)15-5-4-14(10-17)21-15/h12-15H,4-11,17H2,1-3H3. The van der Waals surface area contributed by atoms with Crippen LogP contribution in [0.15, 0.2) is 0 Å². The monoisotopic (exact) mass is 297 g/mol. The fourth-order valence-electron chi connectivity index (χ4n) is 3.22. The van der Waals surface area contributed by atoms with Crippen LogP contribution in [-0.4, -0.2) is 67.2 Å². The van der Waals surface area contributed by atoms with Crippen LogP contribution in [0, 0.1) is 5.92 Å². The van der Waals surface area contributed by atoms with Gasteiger partial charge < -0.3 is 20.3 Å². The van der Waals surface area contributed by atoms with E-state index >= 15 is 0 Å². The summed E-state index contributed by atoms with van der Waals surface area (Å²) in [6.45, 7) is 7.86. The zero-order valence-corrected chi connectivity index (χ0v) is 13.8. The number of nitrogens with zero attached hydrogens (tertiary/aromatic N) is 2. The van der Waals surface area contributed by atoms with Gasteiger partial charge in [-0.25, -0.2) is 0 Å². The molecule has 0 aromatic rings. The summed E-state index contributed by atoms with van der Waals surface area (Å²) in [7, 11) is 2.18. The molecule has 2 unspecified atom stereocenters. The molecule has 1 amide bonds. The molecule has 5 heteroatoms. The minimum absolute atomic E-state index is 0.0798. The molecule has 2 fully saturated rings. The van der Waals surface area contributed by atoms with E-state index in [9.17, 15) is 4.79 Å². The second-order valence-electron chi connectivity index (χ2n) is 6.86. The van der Waals surface area contributed by atoms with Crippen molar-refractivity contribution in [3.05, 3.63) is 0 Å². The average Bonchev–Trinajstić information content (AvgIpc) is 2.96. The lowest BCUT2D eigenvalue weighted by molar-refractivity contribution is -0.144. The van der Waals surface area contributed by atoms with E-state index in [0.717, 1.165) is 45.3 Å². The van der Waals surface area contributed by atoms with Crippen LogP contribution < -0.4 is 5.73 Å². The third-order valence-corrected chi connectivity index (χ3v) is 5.00. The minimum atomic E-state index is -0.242. The van der Waals surface area contributed by atoms with Gasteiger partial charge >= 0.3 is 0 Å². The molecule has 2 aliphatic rings. The summed E-state index contributed by atoms with van der Waals surface area (Å²) in [6, 6.07) is 0.588. The normalized spacial score (nSPS) is 27.8. The van der Waals surface area contributed by atoms with Crippen molar-refractivity contribution in [3.63, 3.8) is 0 Å². The summed E-state index contributed by atoms with van der Waals surface area (Å²) in [4.78, 5) is 16.8. The van der Waals surface area contributed by atoms with Gasteiger partial charge in [0, 0.05) is 32.2 Å². The minimum Gasteiger partial charge on any atom is -0.364 e. The van der Waals surface area contributed by atoms with E-state index in [1.807, 2.05) is 4.90 Å². The highest BCUT2D eigenvalue weighted by molar-refractivity contribution is 5.81. The molecule has 0 aromatic carbocycles. The third-order valence-electron chi connectivity index (χ3n) is 5.00. The van der Waals surface area contributed by atoms with Gasteiger partial charge in [-0.2, -0.15) is 0 Å². The Labute approximate surface area is 128 Å². The molecule has 0 aliphatic carbocycles. The van der Waals surface area contributed by atoms with Crippen LogP contribution in [0.2, 0.25) is 0 Å². The van der Waals surface area contributed by atoms with Gasteiger partial charge in [-0.05, 0) is 52.5 Å². The summed E-state index contributed by atoms with van der Waals surface area (Å²) >= 11 is 0. The van der Waals surface area contributed by atoms with Gasteiger partial charge in [-0.1, -0.05) is 0 Å². The number of amides is 1. The summed E-state index contributed by atoms with van der Waals surface area (Å²) in [5, 5.41) is 0. The van der Waals surface area contributed by atoms with Gasteiger partial charge in [0.2, 0.25) is 0 Å². The number of carbonyl (C=O) groups excluding carboxylic acids is 1. The van der Waals surface area contributed by atoms with Crippen LogP contribution in [-0.2, 0) is 9.53 Å². The molecule has 2 saturated heterocycles. The number of hydrogen-bond acceptors (Lipinski definition) is 4. The first-order valence-electron chi connectivity index (χ1n) is 8.35. The van der Waals surface area contributed by atoms with Crippen molar-refractivity contribution in [1.82, 2.24) is 9.80 Å². The van der Waals surface area contributed by atoms with E-state index in [0.29, 0.717) is 18.5 Å². The molecule has 0 saturated carbocycles. The fourth-order valence-corrected chi connectivity index (χ4v) is 3.22. The molecule has 21 heavy (non-hydrogen) atoms. The van der Waals surface area contributed by atoms with E-state index in [4.69, 9.17) is 10.5 Å². The summed E-state index contributed by atoms with van der Waals surface area (Å²) in [5.74, 6) is 0.893.